The topological polar surface area (TPSA) is 101 Å². The molecule has 0 radical (unpaired) electrons. The van der Waals surface area contributed by atoms with Crippen LogP contribution in [0.3, 0.4) is 0 Å². The van der Waals surface area contributed by atoms with Gasteiger partial charge in [0.15, 0.2) is 0 Å². The maximum absolute atomic E-state index is 12.7. The van der Waals surface area contributed by atoms with Gasteiger partial charge in [0.1, 0.15) is 0 Å². The predicted octanol–water partition coefficient (Wildman–Crippen LogP) is 9.58. The first kappa shape index (κ1) is 42.3. The first-order valence-electron chi connectivity index (χ1n) is 19.3. The van der Waals surface area contributed by atoms with Gasteiger partial charge in [0.05, 0.1) is 16.3 Å². The number of benzene rings is 2. The van der Waals surface area contributed by atoms with Crippen molar-refractivity contribution in [2.45, 2.75) is 137 Å². The number of sulfonamides is 1. The van der Waals surface area contributed by atoms with Gasteiger partial charge in [0.25, 0.3) is 0 Å². The van der Waals surface area contributed by atoms with Gasteiger partial charge < -0.3 is 20.0 Å². The number of carbonyl (C=O) groups is 1. The van der Waals surface area contributed by atoms with E-state index < -0.39 is 16.0 Å². The molecular weight excluding hydrogens is 667 g/mol. The number of rotatable bonds is 22. The SMILES string of the molecule is CCCCCCCCCCCCCCCC(=O)O.CN(C)S(=O)(=O)c1ccc2c(c1)N(CCCN1CCC(CCO)CC1)c1ccccc1S2. The number of para-hydroxylation sites is 1. The molecule has 1 fully saturated rings. The van der Waals surface area contributed by atoms with Gasteiger partial charge in [-0.05, 0) is 88.0 Å². The monoisotopic (exact) mass is 731 g/mol. The van der Waals surface area contributed by atoms with E-state index in [1.54, 1.807) is 31.9 Å². The van der Waals surface area contributed by atoms with Crippen molar-refractivity contribution in [3.8, 4) is 0 Å². The third-order valence-electron chi connectivity index (χ3n) is 9.97. The molecule has 2 aromatic carbocycles. The highest BCUT2D eigenvalue weighted by Gasteiger charge is 2.27. The summed E-state index contributed by atoms with van der Waals surface area (Å²) in [5.41, 5.74) is 2.12. The molecule has 0 saturated carbocycles. The molecule has 0 atom stereocenters. The molecule has 0 aliphatic carbocycles. The largest absolute Gasteiger partial charge is 0.481 e. The number of nitrogens with zero attached hydrogens (tertiary/aromatic N) is 3. The predicted molar refractivity (Wildman–Crippen MR) is 208 cm³/mol. The van der Waals surface area contributed by atoms with Crippen LogP contribution < -0.4 is 4.90 Å². The number of aliphatic hydroxyl groups is 1. The number of likely N-dealkylation sites (tertiary alicyclic amines) is 1. The van der Waals surface area contributed by atoms with E-state index in [0.717, 1.165) is 68.1 Å². The van der Waals surface area contributed by atoms with Gasteiger partial charge in [-0.15, -0.1) is 0 Å². The molecule has 0 amide bonds. The molecular formula is C40H65N3O5S2. The Morgan fingerprint density at radius 2 is 1.38 bits per heavy atom. The summed E-state index contributed by atoms with van der Waals surface area (Å²) in [6.45, 7) is 6.62. The fourth-order valence-electron chi connectivity index (χ4n) is 6.85. The summed E-state index contributed by atoms with van der Waals surface area (Å²) >= 11 is 1.70. The van der Waals surface area contributed by atoms with Gasteiger partial charge in [0.2, 0.25) is 10.0 Å². The fraction of sp³-hybridized carbons (Fsp3) is 0.675. The Morgan fingerprint density at radius 3 is 1.96 bits per heavy atom. The molecule has 2 aliphatic heterocycles. The molecule has 2 aromatic rings. The lowest BCUT2D eigenvalue weighted by molar-refractivity contribution is -0.137. The van der Waals surface area contributed by atoms with Gasteiger partial charge >= 0.3 is 5.97 Å². The second-order valence-electron chi connectivity index (χ2n) is 14.2. The molecule has 0 aromatic heterocycles. The molecule has 8 nitrogen and oxygen atoms in total. The smallest absolute Gasteiger partial charge is 0.303 e. The van der Waals surface area contributed by atoms with E-state index >= 15 is 0 Å². The molecule has 10 heteroatoms. The van der Waals surface area contributed by atoms with Crippen LogP contribution in [0.5, 0.6) is 0 Å². The molecule has 2 heterocycles. The summed E-state index contributed by atoms with van der Waals surface area (Å²) in [5, 5.41) is 17.7. The number of fused-ring (bicyclic) bond motifs is 2. The molecule has 2 aliphatic rings. The average Bonchev–Trinajstić information content (AvgIpc) is 3.10. The lowest BCUT2D eigenvalue weighted by Crippen LogP contribution is -2.36. The van der Waals surface area contributed by atoms with E-state index in [9.17, 15) is 13.2 Å². The fourth-order valence-corrected chi connectivity index (χ4v) is 8.85. The summed E-state index contributed by atoms with van der Waals surface area (Å²) in [5.74, 6) is 0.00395. The van der Waals surface area contributed by atoms with E-state index in [4.69, 9.17) is 10.2 Å². The molecule has 0 bridgehead atoms. The normalized spacial score (nSPS) is 15.0. The average molecular weight is 732 g/mol. The highest BCUT2D eigenvalue weighted by Crippen LogP contribution is 2.48. The number of aliphatic carboxylic acids is 1. The van der Waals surface area contributed by atoms with E-state index in [1.165, 1.54) is 92.7 Å². The Bertz CT molecular complexity index is 1360. The van der Waals surface area contributed by atoms with Crippen LogP contribution in [0.2, 0.25) is 0 Å². The Kier molecular flexibility index (Phi) is 19.8. The number of aliphatic hydroxyl groups excluding tert-OH is 1. The minimum atomic E-state index is -3.49. The van der Waals surface area contributed by atoms with E-state index in [0.29, 0.717) is 23.8 Å². The number of hydrogen-bond acceptors (Lipinski definition) is 7. The number of unbranched alkanes of at least 4 members (excludes halogenated alkanes) is 12. The second-order valence-corrected chi connectivity index (χ2v) is 17.4. The maximum Gasteiger partial charge on any atom is 0.303 e. The minimum Gasteiger partial charge on any atom is -0.481 e. The zero-order chi connectivity index (χ0) is 36.2. The molecule has 50 heavy (non-hydrogen) atoms. The highest BCUT2D eigenvalue weighted by atomic mass is 32.2. The summed E-state index contributed by atoms with van der Waals surface area (Å²) < 4.78 is 26.8. The summed E-state index contributed by atoms with van der Waals surface area (Å²) in [6.07, 6.45) is 21.5. The van der Waals surface area contributed by atoms with Crippen molar-refractivity contribution in [3.05, 3.63) is 42.5 Å². The van der Waals surface area contributed by atoms with E-state index in [-0.39, 0.29) is 0 Å². The lowest BCUT2D eigenvalue weighted by Gasteiger charge is -2.35. The van der Waals surface area contributed by atoms with Crippen molar-refractivity contribution in [1.29, 1.82) is 0 Å². The van der Waals surface area contributed by atoms with Crippen LogP contribution >= 0.6 is 11.8 Å². The molecule has 1 saturated heterocycles. The van der Waals surface area contributed by atoms with Gasteiger partial charge in [0, 0.05) is 43.5 Å². The Balaban J connectivity index is 0.000000322. The van der Waals surface area contributed by atoms with Gasteiger partial charge in [-0.25, -0.2) is 12.7 Å². The second kappa shape index (κ2) is 23.5. The van der Waals surface area contributed by atoms with Crippen molar-refractivity contribution in [2.24, 2.45) is 5.92 Å². The quantitative estimate of drug-likeness (QED) is 0.116. The van der Waals surface area contributed by atoms with Gasteiger partial charge in [-0.1, -0.05) is 108 Å². The van der Waals surface area contributed by atoms with Crippen LogP contribution in [0.25, 0.3) is 0 Å². The van der Waals surface area contributed by atoms with Crippen molar-refractivity contribution in [2.75, 3.05) is 51.8 Å². The van der Waals surface area contributed by atoms with Crippen LogP contribution in [0.4, 0.5) is 11.4 Å². The molecule has 0 unspecified atom stereocenters. The minimum absolute atomic E-state index is 0.294. The number of anilines is 2. The van der Waals surface area contributed by atoms with Crippen LogP contribution in [0.15, 0.2) is 57.2 Å². The molecule has 0 spiro atoms. The summed E-state index contributed by atoms with van der Waals surface area (Å²) in [4.78, 5) is 17.7. The lowest BCUT2D eigenvalue weighted by atomic mass is 9.94. The van der Waals surface area contributed by atoms with E-state index in [2.05, 4.69) is 34.9 Å². The maximum atomic E-state index is 12.7. The highest BCUT2D eigenvalue weighted by molar-refractivity contribution is 7.99. The standard InChI is InChI=1S/C24H33N3O3S2.C16H32O2/c1-25(2)32(29,30)20-8-9-24-22(18-20)27(21-6-3-4-7-23(21)31-24)14-5-13-26-15-10-19(11-16-26)12-17-28;1-2-3-4-5-6-7-8-9-10-11-12-13-14-15-16(17)18/h3-4,6-9,18-19,28H,5,10-17H2,1-2H3;2-15H2,1H3,(H,17,18). The Morgan fingerprint density at radius 1 is 0.800 bits per heavy atom. The van der Waals surface area contributed by atoms with Crippen molar-refractivity contribution in [3.63, 3.8) is 0 Å². The molecule has 2 N–H and O–H groups in total. The third kappa shape index (κ3) is 14.5. The van der Waals surface area contributed by atoms with Crippen molar-refractivity contribution < 1.29 is 23.4 Å². The van der Waals surface area contributed by atoms with Crippen LogP contribution in [0, 0.1) is 5.92 Å². The summed E-state index contributed by atoms with van der Waals surface area (Å²) in [7, 11) is -0.348. The number of piperidine rings is 1. The van der Waals surface area contributed by atoms with Crippen molar-refractivity contribution >= 4 is 39.1 Å². The number of hydrogen-bond donors (Lipinski definition) is 2. The first-order chi connectivity index (χ1) is 24.2. The van der Waals surface area contributed by atoms with Crippen LogP contribution in [-0.4, -0.2) is 80.7 Å². The van der Waals surface area contributed by atoms with Crippen molar-refractivity contribution in [1.82, 2.24) is 9.21 Å². The zero-order valence-corrected chi connectivity index (χ0v) is 32.8. The number of carboxylic acids is 1. The molecule has 282 valence electrons. The van der Waals surface area contributed by atoms with E-state index in [1.807, 2.05) is 18.2 Å². The third-order valence-corrected chi connectivity index (χ3v) is 12.9. The number of carboxylic acid groups (broad SMARTS) is 1. The zero-order valence-electron chi connectivity index (χ0n) is 31.2. The van der Waals surface area contributed by atoms with Gasteiger partial charge in [-0.3, -0.25) is 4.79 Å². The van der Waals surface area contributed by atoms with Crippen LogP contribution in [-0.2, 0) is 14.8 Å². The first-order valence-corrected chi connectivity index (χ1v) is 21.6. The summed E-state index contributed by atoms with van der Waals surface area (Å²) in [6, 6.07) is 13.8. The van der Waals surface area contributed by atoms with Gasteiger partial charge in [-0.2, -0.15) is 0 Å². The molecule has 4 rings (SSSR count). The van der Waals surface area contributed by atoms with Crippen LogP contribution in [0.1, 0.15) is 122 Å². The Hall–Kier alpha value is -2.11. The Labute approximate surface area is 308 Å².